The maximum atomic E-state index is 12.1. The molecule has 20 heavy (non-hydrogen) atoms. The van der Waals surface area contributed by atoms with Crippen LogP contribution in [0.5, 0.6) is 0 Å². The number of aromatic nitrogens is 2. The zero-order valence-corrected chi connectivity index (χ0v) is 13.3. The molecule has 0 saturated heterocycles. The van der Waals surface area contributed by atoms with Crippen molar-refractivity contribution in [2.75, 3.05) is 31.9 Å². The summed E-state index contributed by atoms with van der Waals surface area (Å²) >= 11 is 0. The van der Waals surface area contributed by atoms with Crippen molar-refractivity contribution in [3.05, 3.63) is 6.20 Å². The molecule has 0 spiro atoms. The molecule has 0 bridgehead atoms. The molecule has 1 aromatic heterocycles. The van der Waals surface area contributed by atoms with Gasteiger partial charge in [-0.05, 0) is 33.0 Å². The summed E-state index contributed by atoms with van der Waals surface area (Å²) in [7, 11) is -3.57. The normalized spacial score (nSPS) is 12.2. The van der Waals surface area contributed by atoms with Crippen molar-refractivity contribution in [1.29, 1.82) is 0 Å². The highest BCUT2D eigenvalue weighted by molar-refractivity contribution is 7.89. The zero-order valence-electron chi connectivity index (χ0n) is 12.5. The van der Waals surface area contributed by atoms with Crippen molar-refractivity contribution in [2.45, 2.75) is 38.6 Å². The SMILES string of the molecule is CCN(CC)CCCNS(=O)(=O)c1cnn(CC)c1N. The lowest BCUT2D eigenvalue weighted by atomic mass is 10.4. The van der Waals surface area contributed by atoms with Crippen molar-refractivity contribution in [3.63, 3.8) is 0 Å². The van der Waals surface area contributed by atoms with Gasteiger partial charge in [0.15, 0.2) is 0 Å². The van der Waals surface area contributed by atoms with Crippen molar-refractivity contribution < 1.29 is 8.42 Å². The van der Waals surface area contributed by atoms with E-state index >= 15 is 0 Å². The Kier molecular flexibility index (Phi) is 6.44. The second-order valence-corrected chi connectivity index (χ2v) is 6.22. The summed E-state index contributed by atoms with van der Waals surface area (Å²) in [6, 6.07) is 0. The predicted octanol–water partition coefficient (Wildman–Crippen LogP) is 0.495. The van der Waals surface area contributed by atoms with Gasteiger partial charge in [-0.15, -0.1) is 0 Å². The minimum absolute atomic E-state index is 0.0576. The summed E-state index contributed by atoms with van der Waals surface area (Å²) in [5, 5.41) is 3.95. The van der Waals surface area contributed by atoms with Crippen LogP contribution in [0.25, 0.3) is 0 Å². The van der Waals surface area contributed by atoms with Crippen LogP contribution in [0.3, 0.4) is 0 Å². The first kappa shape index (κ1) is 16.9. The number of nitrogen functional groups attached to an aromatic ring is 1. The minimum atomic E-state index is -3.57. The summed E-state index contributed by atoms with van der Waals surface area (Å²) in [5.74, 6) is 0.184. The molecule has 0 aliphatic carbocycles. The molecule has 116 valence electrons. The van der Waals surface area contributed by atoms with Gasteiger partial charge in [-0.1, -0.05) is 13.8 Å². The summed E-state index contributed by atoms with van der Waals surface area (Å²) in [6.45, 7) is 9.80. The molecular formula is C12H25N5O2S. The number of hydrogen-bond donors (Lipinski definition) is 2. The molecule has 0 fully saturated rings. The number of nitrogens with two attached hydrogens (primary N) is 1. The van der Waals surface area contributed by atoms with E-state index in [1.54, 1.807) is 0 Å². The van der Waals surface area contributed by atoms with Crippen LogP contribution in [-0.2, 0) is 16.6 Å². The standard InChI is InChI=1S/C12H25N5O2S/c1-4-16(5-2)9-7-8-15-20(18,19)11-10-14-17(6-3)12(11)13/h10,15H,4-9,13H2,1-3H3. The van der Waals surface area contributed by atoms with Gasteiger partial charge in [0.2, 0.25) is 10.0 Å². The summed E-state index contributed by atoms with van der Waals surface area (Å²) < 4.78 is 28.2. The summed E-state index contributed by atoms with van der Waals surface area (Å²) in [4.78, 5) is 2.31. The van der Waals surface area contributed by atoms with Crippen LogP contribution in [-0.4, -0.2) is 49.3 Å². The van der Waals surface area contributed by atoms with Gasteiger partial charge in [0.05, 0.1) is 6.20 Å². The van der Waals surface area contributed by atoms with Gasteiger partial charge in [0.1, 0.15) is 10.7 Å². The molecule has 1 heterocycles. The van der Waals surface area contributed by atoms with E-state index in [2.05, 4.69) is 28.6 Å². The van der Waals surface area contributed by atoms with E-state index in [0.29, 0.717) is 13.1 Å². The molecule has 0 radical (unpaired) electrons. The summed E-state index contributed by atoms with van der Waals surface area (Å²) in [6.07, 6.45) is 2.06. The maximum Gasteiger partial charge on any atom is 0.245 e. The highest BCUT2D eigenvalue weighted by Crippen LogP contribution is 2.16. The lowest BCUT2D eigenvalue weighted by Gasteiger charge is -2.17. The molecule has 3 N–H and O–H groups in total. The maximum absolute atomic E-state index is 12.1. The van der Waals surface area contributed by atoms with E-state index in [4.69, 9.17) is 5.73 Å². The Morgan fingerprint density at radius 3 is 2.50 bits per heavy atom. The molecule has 0 atom stereocenters. The molecule has 8 heteroatoms. The van der Waals surface area contributed by atoms with Gasteiger partial charge in [0, 0.05) is 13.1 Å². The first-order chi connectivity index (χ1) is 9.46. The van der Waals surface area contributed by atoms with Crippen molar-refractivity contribution in [2.24, 2.45) is 0 Å². The minimum Gasteiger partial charge on any atom is -0.383 e. The second-order valence-electron chi connectivity index (χ2n) is 4.49. The molecule has 1 rings (SSSR count). The third-order valence-electron chi connectivity index (χ3n) is 3.27. The second kappa shape index (κ2) is 7.61. The van der Waals surface area contributed by atoms with E-state index in [-0.39, 0.29) is 10.7 Å². The van der Waals surface area contributed by atoms with Gasteiger partial charge in [-0.25, -0.2) is 17.8 Å². The van der Waals surface area contributed by atoms with Gasteiger partial charge in [0.25, 0.3) is 0 Å². The Bertz CT molecular complexity index is 508. The van der Waals surface area contributed by atoms with Crippen molar-refractivity contribution >= 4 is 15.8 Å². The molecule has 7 nitrogen and oxygen atoms in total. The number of anilines is 1. The van der Waals surface area contributed by atoms with Crippen molar-refractivity contribution in [1.82, 2.24) is 19.4 Å². The first-order valence-corrected chi connectivity index (χ1v) is 8.47. The van der Waals surface area contributed by atoms with E-state index in [1.807, 2.05) is 6.92 Å². The van der Waals surface area contributed by atoms with E-state index < -0.39 is 10.0 Å². The number of aryl methyl sites for hydroxylation is 1. The fourth-order valence-electron chi connectivity index (χ4n) is 1.96. The van der Waals surface area contributed by atoms with E-state index in [9.17, 15) is 8.42 Å². The zero-order chi connectivity index (χ0) is 15.2. The number of nitrogens with zero attached hydrogens (tertiary/aromatic N) is 3. The van der Waals surface area contributed by atoms with Gasteiger partial charge < -0.3 is 10.6 Å². The monoisotopic (exact) mass is 303 g/mol. The molecule has 0 aliphatic heterocycles. The fourth-order valence-corrected chi connectivity index (χ4v) is 3.10. The van der Waals surface area contributed by atoms with E-state index in [1.165, 1.54) is 10.9 Å². The highest BCUT2D eigenvalue weighted by atomic mass is 32.2. The Morgan fingerprint density at radius 1 is 1.35 bits per heavy atom. The average Bonchev–Trinajstić information content (AvgIpc) is 2.80. The third-order valence-corrected chi connectivity index (χ3v) is 4.75. The van der Waals surface area contributed by atoms with Crippen LogP contribution >= 0.6 is 0 Å². The van der Waals surface area contributed by atoms with Gasteiger partial charge in [-0.3, -0.25) is 0 Å². The molecular weight excluding hydrogens is 278 g/mol. The smallest absolute Gasteiger partial charge is 0.245 e. The average molecular weight is 303 g/mol. The molecule has 0 saturated carbocycles. The van der Waals surface area contributed by atoms with Crippen LogP contribution in [0.4, 0.5) is 5.82 Å². The molecule has 1 aromatic rings. The molecule has 0 aliphatic rings. The first-order valence-electron chi connectivity index (χ1n) is 6.99. The predicted molar refractivity (Wildman–Crippen MR) is 79.9 cm³/mol. The topological polar surface area (TPSA) is 93.2 Å². The van der Waals surface area contributed by atoms with E-state index in [0.717, 1.165) is 26.1 Å². The number of nitrogens with one attached hydrogen (secondary N) is 1. The molecule has 0 unspecified atom stereocenters. The lowest BCUT2D eigenvalue weighted by Crippen LogP contribution is -2.30. The Labute approximate surface area is 121 Å². The lowest BCUT2D eigenvalue weighted by molar-refractivity contribution is 0.300. The fraction of sp³-hybridized carbons (Fsp3) is 0.750. The van der Waals surface area contributed by atoms with Crippen molar-refractivity contribution in [3.8, 4) is 0 Å². The van der Waals surface area contributed by atoms with Gasteiger partial charge in [-0.2, -0.15) is 5.10 Å². The Hall–Kier alpha value is -1.12. The largest absolute Gasteiger partial charge is 0.383 e. The quantitative estimate of drug-likeness (QED) is 0.648. The van der Waals surface area contributed by atoms with Gasteiger partial charge >= 0.3 is 0 Å². The highest BCUT2D eigenvalue weighted by Gasteiger charge is 2.20. The Morgan fingerprint density at radius 2 is 2.00 bits per heavy atom. The molecule has 0 aromatic carbocycles. The number of hydrogen-bond acceptors (Lipinski definition) is 5. The number of sulfonamides is 1. The Balaban J connectivity index is 2.56. The van der Waals surface area contributed by atoms with Crippen LogP contribution in [0.15, 0.2) is 11.1 Å². The van der Waals surface area contributed by atoms with Crippen LogP contribution < -0.4 is 10.5 Å². The van der Waals surface area contributed by atoms with Crippen LogP contribution in [0.1, 0.15) is 27.2 Å². The number of rotatable bonds is 9. The third kappa shape index (κ3) is 4.19. The molecule has 0 amide bonds. The summed E-state index contributed by atoms with van der Waals surface area (Å²) in [5.41, 5.74) is 5.77. The van der Waals surface area contributed by atoms with Crippen LogP contribution in [0.2, 0.25) is 0 Å². The van der Waals surface area contributed by atoms with Crippen LogP contribution in [0, 0.1) is 0 Å².